The van der Waals surface area contributed by atoms with Gasteiger partial charge in [-0.1, -0.05) is 46.3 Å². The van der Waals surface area contributed by atoms with Gasteiger partial charge in [-0.05, 0) is 31.2 Å². The standard InChI is InChI=1S/C18H12BrNO/c1-11-10-15-14-4-2-3-5-16(14)21-18(15)17(20-11)12-6-8-13(19)9-7-12/h2-10H,1H3. The Kier molecular flexibility index (Phi) is 2.82. The van der Waals surface area contributed by atoms with Crippen LogP contribution in [0.2, 0.25) is 0 Å². The summed E-state index contributed by atoms with van der Waals surface area (Å²) < 4.78 is 7.10. The lowest BCUT2D eigenvalue weighted by atomic mass is 10.1. The highest BCUT2D eigenvalue weighted by Gasteiger charge is 2.14. The molecule has 21 heavy (non-hydrogen) atoms. The summed E-state index contributed by atoms with van der Waals surface area (Å²) in [6.07, 6.45) is 0. The van der Waals surface area contributed by atoms with Crippen LogP contribution in [0.1, 0.15) is 5.69 Å². The first-order valence-electron chi connectivity index (χ1n) is 6.77. The van der Waals surface area contributed by atoms with Crippen molar-refractivity contribution >= 4 is 37.9 Å². The molecule has 0 aliphatic rings. The molecular formula is C18H12BrNO. The van der Waals surface area contributed by atoms with Crippen molar-refractivity contribution in [1.29, 1.82) is 0 Å². The van der Waals surface area contributed by atoms with Crippen LogP contribution in [-0.2, 0) is 0 Å². The average Bonchev–Trinajstić information content (AvgIpc) is 2.86. The minimum absolute atomic E-state index is 0.851. The highest BCUT2D eigenvalue weighted by Crippen LogP contribution is 2.35. The molecular weight excluding hydrogens is 326 g/mol. The van der Waals surface area contributed by atoms with E-state index in [1.165, 1.54) is 0 Å². The molecule has 0 bridgehead atoms. The predicted molar refractivity (Wildman–Crippen MR) is 89.4 cm³/mol. The van der Waals surface area contributed by atoms with Gasteiger partial charge in [0, 0.05) is 26.5 Å². The minimum atomic E-state index is 0.851. The Labute approximate surface area is 130 Å². The van der Waals surface area contributed by atoms with Crippen LogP contribution in [0.5, 0.6) is 0 Å². The maximum absolute atomic E-state index is 6.05. The number of pyridine rings is 1. The molecule has 4 aromatic rings. The molecule has 3 heteroatoms. The highest BCUT2D eigenvalue weighted by atomic mass is 79.9. The zero-order valence-electron chi connectivity index (χ0n) is 11.4. The number of furan rings is 1. The molecule has 0 aliphatic heterocycles. The third-order valence-electron chi connectivity index (χ3n) is 3.61. The van der Waals surface area contributed by atoms with E-state index in [-0.39, 0.29) is 0 Å². The van der Waals surface area contributed by atoms with Crippen molar-refractivity contribution in [3.63, 3.8) is 0 Å². The topological polar surface area (TPSA) is 26.0 Å². The van der Waals surface area contributed by atoms with Crippen LogP contribution in [0.3, 0.4) is 0 Å². The zero-order valence-corrected chi connectivity index (χ0v) is 13.0. The Balaban J connectivity index is 2.10. The molecule has 0 spiro atoms. The van der Waals surface area contributed by atoms with Crippen molar-refractivity contribution in [2.45, 2.75) is 6.92 Å². The minimum Gasteiger partial charge on any atom is -0.454 e. The van der Waals surface area contributed by atoms with Crippen molar-refractivity contribution in [3.8, 4) is 11.3 Å². The van der Waals surface area contributed by atoms with Gasteiger partial charge >= 0.3 is 0 Å². The SMILES string of the molecule is Cc1cc2c(oc3ccccc32)c(-c2ccc(Br)cc2)n1. The zero-order chi connectivity index (χ0) is 14.4. The fraction of sp³-hybridized carbons (Fsp3) is 0.0556. The van der Waals surface area contributed by atoms with E-state index in [0.717, 1.165) is 43.4 Å². The fourth-order valence-corrected chi connectivity index (χ4v) is 2.92. The Morgan fingerprint density at radius 2 is 1.71 bits per heavy atom. The van der Waals surface area contributed by atoms with Crippen molar-refractivity contribution in [2.75, 3.05) is 0 Å². The Morgan fingerprint density at radius 1 is 0.952 bits per heavy atom. The molecule has 0 unspecified atom stereocenters. The van der Waals surface area contributed by atoms with Gasteiger partial charge in [0.15, 0.2) is 5.58 Å². The summed E-state index contributed by atoms with van der Waals surface area (Å²) in [7, 11) is 0. The molecule has 2 aromatic heterocycles. The smallest absolute Gasteiger partial charge is 0.161 e. The predicted octanol–water partition coefficient (Wildman–Crippen LogP) is 5.72. The van der Waals surface area contributed by atoms with Gasteiger partial charge in [-0.3, -0.25) is 0 Å². The summed E-state index contributed by atoms with van der Waals surface area (Å²) in [6.45, 7) is 2.02. The molecule has 2 nitrogen and oxygen atoms in total. The lowest BCUT2D eigenvalue weighted by Gasteiger charge is -2.04. The molecule has 0 saturated carbocycles. The van der Waals surface area contributed by atoms with Gasteiger partial charge in [0.25, 0.3) is 0 Å². The lowest BCUT2D eigenvalue weighted by Crippen LogP contribution is -1.87. The molecule has 0 fully saturated rings. The van der Waals surface area contributed by atoms with E-state index in [1.54, 1.807) is 0 Å². The van der Waals surface area contributed by atoms with Crippen molar-refractivity contribution < 1.29 is 4.42 Å². The number of aryl methyl sites for hydroxylation is 1. The van der Waals surface area contributed by atoms with E-state index < -0.39 is 0 Å². The number of para-hydroxylation sites is 1. The first kappa shape index (κ1) is 12.6. The van der Waals surface area contributed by atoms with E-state index in [1.807, 2.05) is 37.3 Å². The Hall–Kier alpha value is -2.13. The molecule has 0 saturated heterocycles. The maximum Gasteiger partial charge on any atom is 0.161 e. The van der Waals surface area contributed by atoms with Gasteiger partial charge in [0.1, 0.15) is 11.3 Å². The quantitative estimate of drug-likeness (QED) is 0.444. The molecule has 102 valence electrons. The van der Waals surface area contributed by atoms with Crippen LogP contribution < -0.4 is 0 Å². The number of hydrogen-bond acceptors (Lipinski definition) is 2. The van der Waals surface area contributed by atoms with E-state index in [9.17, 15) is 0 Å². The second-order valence-electron chi connectivity index (χ2n) is 5.09. The van der Waals surface area contributed by atoms with Gasteiger partial charge in [-0.15, -0.1) is 0 Å². The van der Waals surface area contributed by atoms with Crippen LogP contribution in [0.15, 0.2) is 63.5 Å². The normalized spacial score (nSPS) is 11.3. The fourth-order valence-electron chi connectivity index (χ4n) is 2.66. The molecule has 2 aromatic carbocycles. The Bertz CT molecular complexity index is 954. The van der Waals surface area contributed by atoms with Gasteiger partial charge < -0.3 is 4.42 Å². The summed E-state index contributed by atoms with van der Waals surface area (Å²) in [4.78, 5) is 4.69. The van der Waals surface area contributed by atoms with Gasteiger partial charge in [0.05, 0.1) is 0 Å². The van der Waals surface area contributed by atoms with Crippen LogP contribution in [0.25, 0.3) is 33.2 Å². The number of halogens is 1. The maximum atomic E-state index is 6.05. The molecule has 0 atom stereocenters. The van der Waals surface area contributed by atoms with Gasteiger partial charge in [-0.25, -0.2) is 4.98 Å². The number of fused-ring (bicyclic) bond motifs is 3. The molecule has 0 amide bonds. The van der Waals surface area contributed by atoms with Crippen molar-refractivity contribution in [3.05, 3.63) is 64.8 Å². The molecule has 0 radical (unpaired) electrons. The van der Waals surface area contributed by atoms with E-state index >= 15 is 0 Å². The number of benzene rings is 2. The van der Waals surface area contributed by atoms with E-state index in [4.69, 9.17) is 4.42 Å². The molecule has 0 aliphatic carbocycles. The number of aromatic nitrogens is 1. The number of rotatable bonds is 1. The molecule has 4 rings (SSSR count). The van der Waals surface area contributed by atoms with Crippen LogP contribution in [0, 0.1) is 6.92 Å². The second-order valence-corrected chi connectivity index (χ2v) is 6.01. The monoisotopic (exact) mass is 337 g/mol. The third kappa shape index (κ3) is 2.05. The van der Waals surface area contributed by atoms with Crippen molar-refractivity contribution in [1.82, 2.24) is 4.98 Å². The summed E-state index contributed by atoms with van der Waals surface area (Å²) >= 11 is 3.47. The number of hydrogen-bond donors (Lipinski definition) is 0. The van der Waals surface area contributed by atoms with Crippen molar-refractivity contribution in [2.24, 2.45) is 0 Å². The summed E-state index contributed by atoms with van der Waals surface area (Å²) in [5, 5.41) is 2.26. The summed E-state index contributed by atoms with van der Waals surface area (Å²) in [5.74, 6) is 0. The summed E-state index contributed by atoms with van der Waals surface area (Å²) in [5.41, 5.74) is 4.70. The highest BCUT2D eigenvalue weighted by molar-refractivity contribution is 9.10. The van der Waals surface area contributed by atoms with E-state index in [0.29, 0.717) is 0 Å². The van der Waals surface area contributed by atoms with Crippen LogP contribution >= 0.6 is 15.9 Å². The van der Waals surface area contributed by atoms with E-state index in [2.05, 4.69) is 45.2 Å². The Morgan fingerprint density at radius 3 is 2.52 bits per heavy atom. The molecule has 2 heterocycles. The second kappa shape index (κ2) is 4.71. The first-order chi connectivity index (χ1) is 10.2. The first-order valence-corrected chi connectivity index (χ1v) is 7.56. The molecule has 0 N–H and O–H groups in total. The summed E-state index contributed by atoms with van der Waals surface area (Å²) in [6, 6.07) is 18.3. The van der Waals surface area contributed by atoms with Gasteiger partial charge in [-0.2, -0.15) is 0 Å². The van der Waals surface area contributed by atoms with Crippen LogP contribution in [-0.4, -0.2) is 4.98 Å². The third-order valence-corrected chi connectivity index (χ3v) is 4.14. The number of nitrogens with zero attached hydrogens (tertiary/aromatic N) is 1. The van der Waals surface area contributed by atoms with Gasteiger partial charge in [0.2, 0.25) is 0 Å². The largest absolute Gasteiger partial charge is 0.454 e. The lowest BCUT2D eigenvalue weighted by molar-refractivity contribution is 0.668. The average molecular weight is 338 g/mol. The van der Waals surface area contributed by atoms with Crippen LogP contribution in [0.4, 0.5) is 0 Å².